The van der Waals surface area contributed by atoms with Crippen LogP contribution in [0.4, 0.5) is 0 Å². The molecular weight excluding hydrogens is 282 g/mol. The Hall–Kier alpha value is -1.78. The van der Waals surface area contributed by atoms with Gasteiger partial charge in [0.1, 0.15) is 5.75 Å². The van der Waals surface area contributed by atoms with Gasteiger partial charge in [-0.2, -0.15) is 0 Å². The molecule has 0 unspecified atom stereocenters. The molecule has 0 amide bonds. The van der Waals surface area contributed by atoms with E-state index in [1.807, 2.05) is 13.8 Å². The summed E-state index contributed by atoms with van der Waals surface area (Å²) in [5, 5.41) is 0. The Balaban J connectivity index is 2.23. The van der Waals surface area contributed by atoms with Crippen molar-refractivity contribution in [1.82, 2.24) is 4.98 Å². The van der Waals surface area contributed by atoms with E-state index < -0.39 is 5.97 Å². The maximum atomic E-state index is 12.4. The van der Waals surface area contributed by atoms with Gasteiger partial charge in [-0.25, -0.2) is 9.78 Å². The van der Waals surface area contributed by atoms with E-state index in [0.717, 1.165) is 25.7 Å². The summed E-state index contributed by atoms with van der Waals surface area (Å²) in [7, 11) is 0. The zero-order valence-corrected chi connectivity index (χ0v) is 13.5. The molecule has 2 heterocycles. The topological polar surface area (TPSA) is 57.7 Å². The molecule has 0 saturated heterocycles. The van der Waals surface area contributed by atoms with E-state index in [0.29, 0.717) is 30.4 Å². The van der Waals surface area contributed by atoms with Gasteiger partial charge >= 0.3 is 5.97 Å². The highest BCUT2D eigenvalue weighted by Crippen LogP contribution is 2.28. The molecule has 0 fully saturated rings. The normalized spacial score (nSPS) is 16.5. The second kappa shape index (κ2) is 8.61. The average Bonchev–Trinajstić information content (AvgIpc) is 2.48. The van der Waals surface area contributed by atoms with E-state index >= 15 is 0 Å². The maximum absolute atomic E-state index is 12.4. The van der Waals surface area contributed by atoms with Crippen LogP contribution >= 0.6 is 0 Å². The molecule has 5 heteroatoms. The molecule has 2 bridgehead atoms. The van der Waals surface area contributed by atoms with Crippen molar-refractivity contribution >= 4 is 5.97 Å². The van der Waals surface area contributed by atoms with Gasteiger partial charge in [0.05, 0.1) is 19.3 Å². The van der Waals surface area contributed by atoms with Crippen LogP contribution in [-0.4, -0.2) is 30.3 Å². The third-order valence-electron chi connectivity index (χ3n) is 3.46. The van der Waals surface area contributed by atoms with Crippen LogP contribution in [0.5, 0.6) is 11.6 Å². The van der Waals surface area contributed by atoms with Gasteiger partial charge < -0.3 is 14.2 Å². The summed E-state index contributed by atoms with van der Waals surface area (Å²) in [6, 6.07) is 1.70. The number of hydrogen-bond acceptors (Lipinski definition) is 5. The Morgan fingerprint density at radius 1 is 1.09 bits per heavy atom. The van der Waals surface area contributed by atoms with Gasteiger partial charge in [-0.1, -0.05) is 25.7 Å². The fourth-order valence-corrected chi connectivity index (χ4v) is 2.38. The number of esters is 1. The SMILES string of the molecule is CC(C)OC(=O)c1c2ccnc1OCCCCCCCCO2. The molecule has 0 spiro atoms. The van der Waals surface area contributed by atoms with Gasteiger partial charge in [0.15, 0.2) is 5.56 Å². The van der Waals surface area contributed by atoms with Crippen LogP contribution in [0.2, 0.25) is 0 Å². The Morgan fingerprint density at radius 2 is 1.73 bits per heavy atom. The van der Waals surface area contributed by atoms with Crippen molar-refractivity contribution in [3.8, 4) is 11.6 Å². The van der Waals surface area contributed by atoms with Gasteiger partial charge in [0.2, 0.25) is 5.88 Å². The van der Waals surface area contributed by atoms with Crippen LogP contribution in [0.25, 0.3) is 0 Å². The van der Waals surface area contributed by atoms with Crippen LogP contribution in [-0.2, 0) is 4.74 Å². The minimum absolute atomic E-state index is 0.199. The number of fused-ring (bicyclic) bond motifs is 2. The second-order valence-electron chi connectivity index (χ2n) is 5.76. The minimum Gasteiger partial charge on any atom is -0.492 e. The molecule has 0 atom stereocenters. The Morgan fingerprint density at radius 3 is 2.41 bits per heavy atom. The first-order chi connectivity index (χ1) is 10.7. The van der Waals surface area contributed by atoms with Crippen molar-refractivity contribution in [3.05, 3.63) is 17.8 Å². The minimum atomic E-state index is -0.442. The number of rotatable bonds is 2. The number of nitrogens with zero attached hydrogens (tertiary/aromatic N) is 1. The zero-order chi connectivity index (χ0) is 15.8. The van der Waals surface area contributed by atoms with Crippen LogP contribution < -0.4 is 9.47 Å². The van der Waals surface area contributed by atoms with E-state index in [2.05, 4.69) is 4.98 Å². The smallest absolute Gasteiger partial charge is 0.347 e. The summed E-state index contributed by atoms with van der Waals surface area (Å²) in [4.78, 5) is 16.5. The molecule has 5 nitrogen and oxygen atoms in total. The van der Waals surface area contributed by atoms with Crippen LogP contribution in [0.3, 0.4) is 0 Å². The first-order valence-electron chi connectivity index (χ1n) is 8.14. The molecule has 2 rings (SSSR count). The molecule has 0 aromatic carbocycles. The standard InChI is InChI=1S/C17H25NO4/c1-13(2)22-17(19)15-14-9-10-18-16(15)21-12-8-6-4-3-5-7-11-20-14/h9-10,13H,3-8,11-12H2,1-2H3. The summed E-state index contributed by atoms with van der Waals surface area (Å²) in [6.07, 6.45) is 8.05. The summed E-state index contributed by atoms with van der Waals surface area (Å²) >= 11 is 0. The van der Waals surface area contributed by atoms with Crippen LogP contribution in [0.15, 0.2) is 12.3 Å². The van der Waals surface area contributed by atoms with Crippen molar-refractivity contribution in [2.45, 2.75) is 58.5 Å². The monoisotopic (exact) mass is 307 g/mol. The van der Waals surface area contributed by atoms with Crippen LogP contribution in [0, 0.1) is 0 Å². The Labute approximate surface area is 132 Å². The molecule has 0 saturated carbocycles. The van der Waals surface area contributed by atoms with Crippen molar-refractivity contribution in [3.63, 3.8) is 0 Å². The van der Waals surface area contributed by atoms with Crippen molar-refractivity contribution < 1.29 is 19.0 Å². The van der Waals surface area contributed by atoms with E-state index in [1.165, 1.54) is 12.8 Å². The number of ether oxygens (including phenoxy) is 3. The van der Waals surface area contributed by atoms with Gasteiger partial charge in [-0.15, -0.1) is 0 Å². The van der Waals surface area contributed by atoms with Gasteiger partial charge in [-0.3, -0.25) is 0 Å². The van der Waals surface area contributed by atoms with Crippen molar-refractivity contribution in [2.24, 2.45) is 0 Å². The highest BCUT2D eigenvalue weighted by atomic mass is 16.5. The zero-order valence-electron chi connectivity index (χ0n) is 13.5. The molecule has 0 N–H and O–H groups in total. The van der Waals surface area contributed by atoms with E-state index in [1.54, 1.807) is 12.3 Å². The lowest BCUT2D eigenvalue weighted by Crippen LogP contribution is -2.16. The third-order valence-corrected chi connectivity index (χ3v) is 3.46. The molecule has 1 aliphatic heterocycles. The molecule has 0 radical (unpaired) electrons. The second-order valence-corrected chi connectivity index (χ2v) is 5.76. The lowest BCUT2D eigenvalue weighted by atomic mass is 10.1. The number of hydrogen-bond donors (Lipinski definition) is 0. The summed E-state index contributed by atoms with van der Waals surface area (Å²) < 4.78 is 16.8. The number of pyridine rings is 1. The van der Waals surface area contributed by atoms with Gasteiger partial charge in [-0.05, 0) is 32.8 Å². The summed E-state index contributed by atoms with van der Waals surface area (Å²) in [5.41, 5.74) is 0.301. The third kappa shape index (κ3) is 4.90. The average molecular weight is 307 g/mol. The fraction of sp³-hybridized carbons (Fsp3) is 0.647. The molecular formula is C17H25NO4. The largest absolute Gasteiger partial charge is 0.492 e. The van der Waals surface area contributed by atoms with Crippen LogP contribution in [0.1, 0.15) is 62.7 Å². The molecule has 1 aliphatic rings. The fourth-order valence-electron chi connectivity index (χ4n) is 2.38. The van der Waals surface area contributed by atoms with Crippen molar-refractivity contribution in [2.75, 3.05) is 13.2 Å². The first kappa shape index (κ1) is 16.6. The molecule has 22 heavy (non-hydrogen) atoms. The first-order valence-corrected chi connectivity index (χ1v) is 8.14. The Kier molecular flexibility index (Phi) is 6.49. The maximum Gasteiger partial charge on any atom is 0.347 e. The number of carbonyl (C=O) groups excluding carboxylic acids is 1. The molecule has 0 aliphatic carbocycles. The van der Waals surface area contributed by atoms with Gasteiger partial charge in [0, 0.05) is 6.20 Å². The predicted molar refractivity (Wildman–Crippen MR) is 83.5 cm³/mol. The Bertz CT molecular complexity index is 457. The highest BCUT2D eigenvalue weighted by Gasteiger charge is 2.23. The van der Waals surface area contributed by atoms with E-state index in [9.17, 15) is 4.79 Å². The lowest BCUT2D eigenvalue weighted by molar-refractivity contribution is 0.0367. The van der Waals surface area contributed by atoms with Crippen molar-refractivity contribution in [1.29, 1.82) is 0 Å². The summed E-state index contributed by atoms with van der Waals surface area (Å²) in [6.45, 7) is 4.78. The summed E-state index contributed by atoms with van der Waals surface area (Å²) in [5.74, 6) is 0.361. The number of aromatic nitrogens is 1. The lowest BCUT2D eigenvalue weighted by Gasteiger charge is -2.15. The molecule has 122 valence electrons. The van der Waals surface area contributed by atoms with Gasteiger partial charge in [0.25, 0.3) is 0 Å². The molecule has 1 aromatic rings. The van der Waals surface area contributed by atoms with E-state index in [4.69, 9.17) is 14.2 Å². The number of carbonyl (C=O) groups is 1. The molecule has 1 aromatic heterocycles. The highest BCUT2D eigenvalue weighted by molar-refractivity contribution is 5.95. The predicted octanol–water partition coefficient (Wildman–Crippen LogP) is 3.76. The quantitative estimate of drug-likeness (QED) is 0.779. The van der Waals surface area contributed by atoms with E-state index in [-0.39, 0.29) is 6.10 Å².